The molecule has 1 aliphatic rings. The van der Waals surface area contributed by atoms with Crippen LogP contribution in [0.15, 0.2) is 12.2 Å². The van der Waals surface area contributed by atoms with Crippen molar-refractivity contribution in [3.63, 3.8) is 0 Å². The van der Waals surface area contributed by atoms with E-state index in [1.54, 1.807) is 0 Å². The molecule has 0 aromatic carbocycles. The van der Waals surface area contributed by atoms with Crippen LogP contribution in [-0.2, 0) is 9.59 Å². The molecule has 1 rings (SSSR count). The normalized spacial score (nSPS) is 21.8. The molecule has 0 heterocycles. The molecule has 0 aromatic heterocycles. The summed E-state index contributed by atoms with van der Waals surface area (Å²) in [6, 6.07) is -0.771. The summed E-state index contributed by atoms with van der Waals surface area (Å²) in [6.45, 7) is 3.67. The Morgan fingerprint density at radius 2 is 2.19 bits per heavy atom. The van der Waals surface area contributed by atoms with Crippen LogP contribution in [0.1, 0.15) is 33.1 Å². The van der Waals surface area contributed by atoms with E-state index in [0.717, 1.165) is 19.3 Å². The lowest BCUT2D eigenvalue weighted by Gasteiger charge is -2.34. The minimum atomic E-state index is -0.902. The molecular weight excluding hydrogens is 206 g/mol. The quantitative estimate of drug-likeness (QED) is 0.572. The van der Waals surface area contributed by atoms with Crippen LogP contribution in [0.4, 0.5) is 0 Å². The molecule has 1 amide bonds. The molecule has 0 saturated carbocycles. The Hall–Kier alpha value is -1.32. The second kappa shape index (κ2) is 5.68. The number of nitrogens with zero attached hydrogens (tertiary/aromatic N) is 1. The molecule has 0 radical (unpaired) electrons. The number of amides is 1. The van der Waals surface area contributed by atoms with Crippen molar-refractivity contribution in [2.75, 3.05) is 0 Å². The first-order valence-electron chi connectivity index (χ1n) is 5.68. The van der Waals surface area contributed by atoms with Crippen molar-refractivity contribution in [3.05, 3.63) is 12.2 Å². The third kappa shape index (κ3) is 2.84. The smallest absolute Gasteiger partial charge is 0.326 e. The Balaban J connectivity index is 2.84. The summed E-state index contributed by atoms with van der Waals surface area (Å²) in [4.78, 5) is 23.7. The van der Waals surface area contributed by atoms with Crippen molar-refractivity contribution in [1.82, 2.24) is 4.90 Å². The summed E-state index contributed by atoms with van der Waals surface area (Å²) < 4.78 is 0. The lowest BCUT2D eigenvalue weighted by Crippen LogP contribution is -2.49. The Morgan fingerprint density at radius 1 is 1.50 bits per heavy atom. The van der Waals surface area contributed by atoms with Gasteiger partial charge in [0, 0.05) is 6.04 Å². The van der Waals surface area contributed by atoms with Crippen molar-refractivity contribution in [3.8, 4) is 0 Å². The second-order valence-electron chi connectivity index (χ2n) is 4.47. The van der Waals surface area contributed by atoms with Gasteiger partial charge < -0.3 is 10.0 Å². The summed E-state index contributed by atoms with van der Waals surface area (Å²) >= 11 is 0. The number of carboxylic acid groups (broad SMARTS) is 1. The monoisotopic (exact) mass is 225 g/mol. The van der Waals surface area contributed by atoms with Gasteiger partial charge >= 0.3 is 5.97 Å². The first-order chi connectivity index (χ1) is 7.57. The maximum Gasteiger partial charge on any atom is 0.326 e. The summed E-state index contributed by atoms with van der Waals surface area (Å²) in [6.07, 6.45) is 7.21. The number of allylic oxidation sites excluding steroid dienone is 2. The fraction of sp³-hybridized carbons (Fsp3) is 0.667. The van der Waals surface area contributed by atoms with Gasteiger partial charge in [0.25, 0.3) is 0 Å². The molecule has 16 heavy (non-hydrogen) atoms. The summed E-state index contributed by atoms with van der Waals surface area (Å²) in [5.74, 6) is -0.865. The predicted octanol–water partition coefficient (Wildman–Crippen LogP) is 1.66. The highest BCUT2D eigenvalue weighted by Crippen LogP contribution is 2.25. The average molecular weight is 225 g/mol. The largest absolute Gasteiger partial charge is 0.480 e. The van der Waals surface area contributed by atoms with Gasteiger partial charge in [-0.1, -0.05) is 12.2 Å². The molecule has 1 aliphatic carbocycles. The van der Waals surface area contributed by atoms with Crippen LogP contribution in [0.25, 0.3) is 0 Å². The molecule has 0 aromatic rings. The fourth-order valence-corrected chi connectivity index (χ4v) is 2.18. The summed E-state index contributed by atoms with van der Waals surface area (Å²) in [5, 5.41) is 9.25. The molecular formula is C12H19NO3. The van der Waals surface area contributed by atoms with Crippen LogP contribution in [0.5, 0.6) is 0 Å². The van der Waals surface area contributed by atoms with Gasteiger partial charge in [0.2, 0.25) is 6.41 Å². The highest BCUT2D eigenvalue weighted by Gasteiger charge is 2.34. The third-order valence-corrected chi connectivity index (χ3v) is 3.05. The first kappa shape index (κ1) is 12.7. The number of rotatable bonds is 5. The zero-order valence-corrected chi connectivity index (χ0v) is 9.80. The maximum absolute atomic E-state index is 11.3. The van der Waals surface area contributed by atoms with Gasteiger partial charge in [-0.15, -0.1) is 0 Å². The lowest BCUT2D eigenvalue weighted by molar-refractivity contribution is -0.150. The number of hydrogen-bond acceptors (Lipinski definition) is 2. The number of hydrogen-bond donors (Lipinski definition) is 1. The van der Waals surface area contributed by atoms with Gasteiger partial charge in [0.05, 0.1) is 0 Å². The molecule has 0 aliphatic heterocycles. The Morgan fingerprint density at radius 3 is 2.56 bits per heavy atom. The van der Waals surface area contributed by atoms with Gasteiger partial charge in [-0.3, -0.25) is 4.79 Å². The summed E-state index contributed by atoms with van der Waals surface area (Å²) in [7, 11) is 0. The van der Waals surface area contributed by atoms with Gasteiger partial charge in [-0.2, -0.15) is 0 Å². The number of carbonyl (C=O) groups is 2. The van der Waals surface area contributed by atoms with Gasteiger partial charge in [-0.05, 0) is 39.0 Å². The second-order valence-corrected chi connectivity index (χ2v) is 4.47. The highest BCUT2D eigenvalue weighted by molar-refractivity contribution is 5.76. The molecule has 1 N–H and O–H groups in total. The molecule has 0 fully saturated rings. The predicted molar refractivity (Wildman–Crippen MR) is 60.9 cm³/mol. The van der Waals surface area contributed by atoms with Gasteiger partial charge in [0.1, 0.15) is 6.04 Å². The molecule has 2 atom stereocenters. The van der Waals surface area contributed by atoms with Gasteiger partial charge in [-0.25, -0.2) is 4.79 Å². The standard InChI is InChI=1S/C12H19NO3/c1-9(2)13(8-14)11(12(15)16)10-6-4-3-5-7-10/h3-4,8-11H,5-7H2,1-2H3,(H,15,16). The van der Waals surface area contributed by atoms with Crippen molar-refractivity contribution in [2.24, 2.45) is 5.92 Å². The minimum Gasteiger partial charge on any atom is -0.480 e. The van der Waals surface area contributed by atoms with E-state index in [1.165, 1.54) is 4.90 Å². The zero-order chi connectivity index (χ0) is 12.1. The van der Waals surface area contributed by atoms with Crippen LogP contribution < -0.4 is 0 Å². The van der Waals surface area contributed by atoms with Crippen molar-refractivity contribution in [1.29, 1.82) is 0 Å². The topological polar surface area (TPSA) is 57.6 Å². The van der Waals surface area contributed by atoms with Crippen LogP contribution in [0.2, 0.25) is 0 Å². The fourth-order valence-electron chi connectivity index (χ4n) is 2.18. The van der Waals surface area contributed by atoms with Crippen LogP contribution >= 0.6 is 0 Å². The molecule has 0 spiro atoms. The first-order valence-corrected chi connectivity index (χ1v) is 5.68. The number of carboxylic acids is 1. The van der Waals surface area contributed by atoms with E-state index >= 15 is 0 Å². The van der Waals surface area contributed by atoms with E-state index in [-0.39, 0.29) is 12.0 Å². The molecule has 4 nitrogen and oxygen atoms in total. The molecule has 0 saturated heterocycles. The minimum absolute atomic E-state index is 0.0371. The third-order valence-electron chi connectivity index (χ3n) is 3.05. The lowest BCUT2D eigenvalue weighted by atomic mass is 9.86. The van der Waals surface area contributed by atoms with E-state index in [9.17, 15) is 14.7 Å². The Kier molecular flexibility index (Phi) is 4.52. The van der Waals surface area contributed by atoms with E-state index < -0.39 is 12.0 Å². The van der Waals surface area contributed by atoms with E-state index in [1.807, 2.05) is 19.9 Å². The van der Waals surface area contributed by atoms with Crippen molar-refractivity contribution < 1.29 is 14.7 Å². The maximum atomic E-state index is 11.3. The highest BCUT2D eigenvalue weighted by atomic mass is 16.4. The van der Waals surface area contributed by atoms with E-state index in [4.69, 9.17) is 0 Å². The Labute approximate surface area is 95.9 Å². The SMILES string of the molecule is CC(C)N(C=O)C(C(=O)O)C1CC=CCC1. The number of carbonyl (C=O) groups excluding carboxylic acids is 1. The van der Waals surface area contributed by atoms with Crippen molar-refractivity contribution >= 4 is 12.4 Å². The van der Waals surface area contributed by atoms with Crippen molar-refractivity contribution in [2.45, 2.75) is 45.2 Å². The average Bonchev–Trinajstić information content (AvgIpc) is 2.25. The summed E-state index contributed by atoms with van der Waals surface area (Å²) in [5.41, 5.74) is 0. The molecule has 4 heteroatoms. The van der Waals surface area contributed by atoms with Crippen LogP contribution in [0, 0.1) is 5.92 Å². The Bertz CT molecular complexity index is 286. The van der Waals surface area contributed by atoms with E-state index in [2.05, 4.69) is 6.08 Å². The van der Waals surface area contributed by atoms with E-state index in [0.29, 0.717) is 6.41 Å². The van der Waals surface area contributed by atoms with Gasteiger partial charge in [0.15, 0.2) is 0 Å². The number of aliphatic carboxylic acids is 1. The molecule has 0 bridgehead atoms. The van der Waals surface area contributed by atoms with Crippen LogP contribution in [0.3, 0.4) is 0 Å². The molecule has 90 valence electrons. The zero-order valence-electron chi connectivity index (χ0n) is 9.80. The van der Waals surface area contributed by atoms with Crippen LogP contribution in [-0.4, -0.2) is 34.5 Å². The molecule has 2 unspecified atom stereocenters.